The maximum atomic E-state index is 12.5. The van der Waals surface area contributed by atoms with Gasteiger partial charge >= 0.3 is 6.09 Å². The number of benzene rings is 1. The van der Waals surface area contributed by atoms with E-state index in [1.54, 1.807) is 45.0 Å². The number of alkyl carbamates (subject to hydrolysis) is 1. The normalized spacial score (nSPS) is 26.0. The van der Waals surface area contributed by atoms with E-state index >= 15 is 0 Å². The Labute approximate surface area is 152 Å². The second kappa shape index (κ2) is 6.61. The molecule has 1 aliphatic carbocycles. The van der Waals surface area contributed by atoms with Gasteiger partial charge in [-0.3, -0.25) is 0 Å². The van der Waals surface area contributed by atoms with Gasteiger partial charge in [0.2, 0.25) is 0 Å². The van der Waals surface area contributed by atoms with Crippen LogP contribution in [0.1, 0.15) is 39.2 Å². The Balaban J connectivity index is 2.42. The van der Waals surface area contributed by atoms with Crippen molar-refractivity contribution in [3.05, 3.63) is 34.9 Å². The van der Waals surface area contributed by atoms with E-state index in [9.17, 15) is 18.0 Å². The number of carbonyl (C=O) groups excluding carboxylic acids is 2. The average molecular weight is 388 g/mol. The lowest BCUT2D eigenvalue weighted by Gasteiger charge is -2.22. The molecule has 2 rings (SSSR count). The highest BCUT2D eigenvalue weighted by atomic mass is 35.5. The van der Waals surface area contributed by atoms with Gasteiger partial charge in [-0.15, -0.1) is 0 Å². The number of hydrogen-bond acceptors (Lipinski definition) is 5. The molecule has 1 aromatic carbocycles. The van der Waals surface area contributed by atoms with Crippen LogP contribution in [-0.4, -0.2) is 42.9 Å². The number of sulfone groups is 1. The van der Waals surface area contributed by atoms with Crippen molar-refractivity contribution in [2.75, 3.05) is 5.75 Å². The summed E-state index contributed by atoms with van der Waals surface area (Å²) in [6, 6.07) is 6.62. The first-order chi connectivity index (χ1) is 11.5. The molecular weight excluding hydrogens is 366 g/mol. The van der Waals surface area contributed by atoms with Crippen molar-refractivity contribution >= 4 is 33.8 Å². The first kappa shape index (κ1) is 19.7. The van der Waals surface area contributed by atoms with Gasteiger partial charge in [0.15, 0.2) is 9.84 Å². The lowest BCUT2D eigenvalue weighted by Crippen LogP contribution is -2.45. The molecule has 0 radical (unpaired) electrons. The molecule has 1 amide bonds. The Morgan fingerprint density at radius 2 is 2.04 bits per heavy atom. The molecule has 1 N–H and O–H groups in total. The first-order valence-electron chi connectivity index (χ1n) is 7.91. The molecular formula is C17H22ClNO5S. The highest BCUT2D eigenvalue weighted by Gasteiger charge is 2.72. The Morgan fingerprint density at radius 3 is 2.52 bits per heavy atom. The zero-order valence-corrected chi connectivity index (χ0v) is 16.1. The van der Waals surface area contributed by atoms with Crippen LogP contribution >= 0.6 is 11.6 Å². The number of hydrogen-bond donors (Lipinski definition) is 1. The highest BCUT2D eigenvalue weighted by Crippen LogP contribution is 2.55. The highest BCUT2D eigenvalue weighted by molar-refractivity contribution is 7.92. The molecule has 1 aromatic rings. The van der Waals surface area contributed by atoms with E-state index in [0.29, 0.717) is 16.9 Å². The fourth-order valence-electron chi connectivity index (χ4n) is 3.01. The summed E-state index contributed by atoms with van der Waals surface area (Å²) in [6.45, 7) is 6.55. The third-order valence-corrected chi connectivity index (χ3v) is 6.56. The smallest absolute Gasteiger partial charge is 0.408 e. The predicted molar refractivity (Wildman–Crippen MR) is 95.6 cm³/mol. The minimum Gasteiger partial charge on any atom is -0.444 e. The van der Waals surface area contributed by atoms with E-state index in [4.69, 9.17) is 16.3 Å². The van der Waals surface area contributed by atoms with Crippen LogP contribution < -0.4 is 5.32 Å². The lowest BCUT2D eigenvalue weighted by atomic mass is 10.1. The van der Waals surface area contributed by atoms with Crippen molar-refractivity contribution < 1.29 is 22.7 Å². The summed E-state index contributed by atoms with van der Waals surface area (Å²) in [4.78, 5) is 24.0. The quantitative estimate of drug-likeness (QED) is 0.784. The zero-order valence-electron chi connectivity index (χ0n) is 14.6. The summed E-state index contributed by atoms with van der Waals surface area (Å²) >= 11 is 5.99. The van der Waals surface area contributed by atoms with Crippen LogP contribution in [0.3, 0.4) is 0 Å². The standard InChI is InChI=1S/C17H22ClNO5S/c1-5-25(22,23)14-13(11-7-6-8-12(18)9-11)17(14,10-20)19-15(21)24-16(2,3)4/h6-10,13-14H,5H2,1-4H3,(H,19,21)/t13-,14-,17+/m0/s1. The van der Waals surface area contributed by atoms with E-state index in [1.807, 2.05) is 0 Å². The molecule has 138 valence electrons. The van der Waals surface area contributed by atoms with Gasteiger partial charge in [0, 0.05) is 16.7 Å². The summed E-state index contributed by atoms with van der Waals surface area (Å²) in [5.74, 6) is -0.846. The molecule has 0 spiro atoms. The van der Waals surface area contributed by atoms with Crippen LogP contribution in [0.5, 0.6) is 0 Å². The molecule has 1 aliphatic rings. The summed E-state index contributed by atoms with van der Waals surface area (Å²) in [6.07, 6.45) is -0.346. The molecule has 0 aromatic heterocycles. The van der Waals surface area contributed by atoms with Crippen LogP contribution in [0.2, 0.25) is 5.02 Å². The van der Waals surface area contributed by atoms with E-state index in [2.05, 4.69) is 5.32 Å². The average Bonchev–Trinajstić information content (AvgIpc) is 3.15. The van der Waals surface area contributed by atoms with Crippen molar-refractivity contribution in [2.24, 2.45) is 0 Å². The van der Waals surface area contributed by atoms with Crippen LogP contribution in [-0.2, 0) is 19.4 Å². The van der Waals surface area contributed by atoms with Crippen molar-refractivity contribution in [3.8, 4) is 0 Å². The molecule has 25 heavy (non-hydrogen) atoms. The fraction of sp³-hybridized carbons (Fsp3) is 0.529. The SMILES string of the molecule is CCS(=O)(=O)[C@H]1[C@H](c2cccc(Cl)c2)[C@@]1(C=O)NC(=O)OC(C)(C)C. The maximum Gasteiger partial charge on any atom is 0.408 e. The molecule has 0 unspecified atom stereocenters. The lowest BCUT2D eigenvalue weighted by molar-refractivity contribution is -0.110. The van der Waals surface area contributed by atoms with Gasteiger partial charge in [0.1, 0.15) is 22.7 Å². The van der Waals surface area contributed by atoms with Crippen LogP contribution in [0.15, 0.2) is 24.3 Å². The fourth-order valence-corrected chi connectivity index (χ4v) is 5.14. The summed E-state index contributed by atoms with van der Waals surface area (Å²) in [7, 11) is -3.59. The Morgan fingerprint density at radius 1 is 1.40 bits per heavy atom. The number of ether oxygens (including phenoxy) is 1. The van der Waals surface area contributed by atoms with Gasteiger partial charge in [-0.1, -0.05) is 30.7 Å². The summed E-state index contributed by atoms with van der Waals surface area (Å²) < 4.78 is 30.2. The molecule has 0 bridgehead atoms. The minimum atomic E-state index is -3.59. The summed E-state index contributed by atoms with van der Waals surface area (Å²) in [5, 5.41) is 1.86. The van der Waals surface area contributed by atoms with Gasteiger partial charge in [-0.25, -0.2) is 13.2 Å². The Hall–Kier alpha value is -1.60. The van der Waals surface area contributed by atoms with Crippen molar-refractivity contribution in [2.45, 2.75) is 50.0 Å². The van der Waals surface area contributed by atoms with Gasteiger partial charge in [0.05, 0.1) is 0 Å². The van der Waals surface area contributed by atoms with Crippen LogP contribution in [0, 0.1) is 0 Å². The van der Waals surface area contributed by atoms with Gasteiger partial charge in [-0.05, 0) is 38.5 Å². The molecule has 1 fully saturated rings. The molecule has 6 nitrogen and oxygen atoms in total. The van der Waals surface area contributed by atoms with E-state index in [-0.39, 0.29) is 5.75 Å². The molecule has 0 saturated heterocycles. The number of aldehydes is 1. The number of nitrogens with one attached hydrogen (secondary N) is 1. The monoisotopic (exact) mass is 387 g/mol. The largest absolute Gasteiger partial charge is 0.444 e. The van der Waals surface area contributed by atoms with E-state index < -0.39 is 38.2 Å². The second-order valence-corrected chi connectivity index (χ2v) is 9.93. The molecule has 8 heteroatoms. The third kappa shape index (κ3) is 3.98. The Kier molecular flexibility index (Phi) is 5.21. The predicted octanol–water partition coefficient (Wildman–Crippen LogP) is 2.70. The zero-order chi connectivity index (χ0) is 19.0. The van der Waals surface area contributed by atoms with E-state index in [1.165, 1.54) is 6.92 Å². The second-order valence-electron chi connectivity index (χ2n) is 7.08. The molecule has 0 aliphatic heterocycles. The van der Waals surface area contributed by atoms with E-state index in [0.717, 1.165) is 0 Å². The van der Waals surface area contributed by atoms with Gasteiger partial charge < -0.3 is 14.8 Å². The number of halogens is 1. The molecule has 3 atom stereocenters. The third-order valence-electron chi connectivity index (χ3n) is 4.09. The Bertz CT molecular complexity index is 786. The maximum absolute atomic E-state index is 12.5. The van der Waals surface area contributed by atoms with Crippen LogP contribution in [0.4, 0.5) is 4.79 Å². The molecule has 0 heterocycles. The van der Waals surface area contributed by atoms with Crippen molar-refractivity contribution in [1.82, 2.24) is 5.32 Å². The summed E-state index contributed by atoms with van der Waals surface area (Å²) in [5.41, 5.74) is -1.74. The molecule has 1 saturated carbocycles. The van der Waals surface area contributed by atoms with Crippen molar-refractivity contribution in [3.63, 3.8) is 0 Å². The number of amides is 1. The van der Waals surface area contributed by atoms with Gasteiger partial charge in [0.25, 0.3) is 0 Å². The van der Waals surface area contributed by atoms with Crippen molar-refractivity contribution in [1.29, 1.82) is 0 Å². The number of rotatable bonds is 5. The minimum absolute atomic E-state index is 0.139. The van der Waals surface area contributed by atoms with Gasteiger partial charge in [-0.2, -0.15) is 0 Å². The topological polar surface area (TPSA) is 89.5 Å². The number of carbonyl (C=O) groups is 2. The van der Waals surface area contributed by atoms with Crippen LogP contribution in [0.25, 0.3) is 0 Å². The first-order valence-corrected chi connectivity index (χ1v) is 10.0.